The van der Waals surface area contributed by atoms with Crippen molar-refractivity contribution in [1.82, 2.24) is 14.8 Å². The average Bonchev–Trinajstić information content (AvgIpc) is 2.64. The van der Waals surface area contributed by atoms with Crippen LogP contribution in [0.15, 0.2) is 15.8 Å². The molecule has 1 aliphatic heterocycles. The highest BCUT2D eigenvalue weighted by Crippen LogP contribution is 2.46. The zero-order valence-corrected chi connectivity index (χ0v) is 11.2. The summed E-state index contributed by atoms with van der Waals surface area (Å²) in [6.45, 7) is -0.649. The van der Waals surface area contributed by atoms with Crippen LogP contribution in [0.25, 0.3) is 0 Å². The van der Waals surface area contributed by atoms with E-state index in [4.69, 9.17) is 19.4 Å². The summed E-state index contributed by atoms with van der Waals surface area (Å²) in [6.07, 6.45) is -5.02. The molecule has 0 bridgehead atoms. The third-order valence-electron chi connectivity index (χ3n) is 2.73. The number of hydrogen-bond donors (Lipinski definition) is 6. The van der Waals surface area contributed by atoms with E-state index < -0.39 is 50.6 Å². The summed E-state index contributed by atoms with van der Waals surface area (Å²) in [5.41, 5.74) is -1.71. The molecule has 12 nitrogen and oxygen atoms in total. The number of aliphatic hydroxyl groups excluding tert-OH is 2. The number of H-pyrrole nitrogens is 1. The van der Waals surface area contributed by atoms with E-state index in [-0.39, 0.29) is 0 Å². The van der Waals surface area contributed by atoms with Crippen LogP contribution in [-0.4, -0.2) is 64.6 Å². The van der Waals surface area contributed by atoms with Crippen molar-refractivity contribution in [2.75, 3.05) is 6.61 Å². The maximum Gasteiger partial charge on any atom is 0.567 e. The van der Waals surface area contributed by atoms with Crippen molar-refractivity contribution < 1.29 is 34.2 Å². The molecule has 2 rings (SSSR count). The second kappa shape index (κ2) is 5.87. The first-order valence-electron chi connectivity index (χ1n) is 5.60. The summed E-state index contributed by atoms with van der Waals surface area (Å²) in [6, 6.07) is 0. The fourth-order valence-corrected chi connectivity index (χ4v) is 2.13. The zero-order valence-electron chi connectivity index (χ0n) is 10.3. The number of aromatic nitrogens is 3. The number of ether oxygens (including phenoxy) is 1. The maximum absolute atomic E-state index is 11.5. The summed E-state index contributed by atoms with van der Waals surface area (Å²) in [4.78, 5) is 50.4. The molecule has 0 unspecified atom stereocenters. The van der Waals surface area contributed by atoms with Gasteiger partial charge in [-0.3, -0.25) is 9.78 Å². The van der Waals surface area contributed by atoms with E-state index in [1.165, 1.54) is 0 Å². The van der Waals surface area contributed by atoms with Crippen LogP contribution in [0.1, 0.15) is 6.23 Å². The minimum Gasteiger partial charge on any atom is -0.387 e. The molecule has 13 heteroatoms. The lowest BCUT2D eigenvalue weighted by Crippen LogP contribution is -2.39. The van der Waals surface area contributed by atoms with Gasteiger partial charge in [-0.25, -0.2) is 4.79 Å². The van der Waals surface area contributed by atoms with E-state index in [0.717, 1.165) is 6.20 Å². The number of rotatable bonds is 4. The molecule has 21 heavy (non-hydrogen) atoms. The Morgan fingerprint density at radius 3 is 2.57 bits per heavy atom. The lowest BCUT2D eigenvalue weighted by Gasteiger charge is -2.14. The molecule has 0 amide bonds. The van der Waals surface area contributed by atoms with Crippen LogP contribution in [0.5, 0.6) is 0 Å². The minimum absolute atomic E-state index is 0.606. The molecule has 1 fully saturated rings. The van der Waals surface area contributed by atoms with E-state index in [2.05, 4.69) is 9.62 Å². The summed E-state index contributed by atoms with van der Waals surface area (Å²) >= 11 is 0. The SMILES string of the molecule is O=c1cnn([C@@H]2O[C@H](CO[P+](O)(O)O)[C@@H](O)[C@H]2O)c(=O)[nH]1. The standard InChI is InChI=1S/C8H12N3O9P/c12-4-1-9-11(8(15)10-4)7-6(14)5(13)3(20-7)2-19-21(16,17)18/h1,3,5-7,13-14,16-18H,2H2/p+1/t3-,5-,6-,7-/m1/s1. The first-order chi connectivity index (χ1) is 9.69. The van der Waals surface area contributed by atoms with Crippen molar-refractivity contribution in [2.45, 2.75) is 24.5 Å². The Morgan fingerprint density at radius 1 is 1.33 bits per heavy atom. The molecular formula is C8H13N3O9P+. The summed E-state index contributed by atoms with van der Waals surface area (Å²) in [5, 5.41) is 23.0. The molecule has 6 N–H and O–H groups in total. The van der Waals surface area contributed by atoms with Crippen molar-refractivity contribution in [1.29, 1.82) is 0 Å². The fraction of sp³-hybridized carbons (Fsp3) is 0.625. The second-order valence-corrected chi connectivity index (χ2v) is 5.52. The van der Waals surface area contributed by atoms with Gasteiger partial charge < -0.3 is 14.9 Å². The Labute approximate surface area is 116 Å². The van der Waals surface area contributed by atoms with Gasteiger partial charge in [0, 0.05) is 0 Å². The molecule has 0 saturated carbocycles. The zero-order chi connectivity index (χ0) is 15.8. The molecule has 1 saturated heterocycles. The molecule has 1 aliphatic rings. The van der Waals surface area contributed by atoms with Gasteiger partial charge >= 0.3 is 13.9 Å². The number of hydrogen-bond acceptors (Lipinski definition) is 10. The van der Waals surface area contributed by atoms with E-state index in [1.54, 1.807) is 0 Å². The minimum atomic E-state index is -4.53. The first-order valence-corrected chi connectivity index (χ1v) is 7.17. The van der Waals surface area contributed by atoms with Gasteiger partial charge in [-0.1, -0.05) is 0 Å². The van der Waals surface area contributed by atoms with Crippen LogP contribution in [0.3, 0.4) is 0 Å². The van der Waals surface area contributed by atoms with Crippen LogP contribution in [0, 0.1) is 0 Å². The highest BCUT2D eigenvalue weighted by atomic mass is 31.2. The number of aromatic amines is 1. The molecule has 0 aliphatic carbocycles. The molecular weight excluding hydrogens is 313 g/mol. The number of nitrogens with one attached hydrogen (secondary N) is 1. The Hall–Kier alpha value is -1.24. The number of aliphatic hydroxyl groups is 2. The fourth-order valence-electron chi connectivity index (χ4n) is 1.79. The lowest BCUT2D eigenvalue weighted by molar-refractivity contribution is -0.0626. The largest absolute Gasteiger partial charge is 0.567 e. The van der Waals surface area contributed by atoms with E-state index >= 15 is 0 Å². The van der Waals surface area contributed by atoms with Crippen LogP contribution in [0.2, 0.25) is 0 Å². The lowest BCUT2D eigenvalue weighted by atomic mass is 10.1. The van der Waals surface area contributed by atoms with Crippen molar-refractivity contribution in [3.63, 3.8) is 0 Å². The highest BCUT2D eigenvalue weighted by molar-refractivity contribution is 7.53. The van der Waals surface area contributed by atoms with Gasteiger partial charge in [-0.2, -0.15) is 29.0 Å². The monoisotopic (exact) mass is 326 g/mol. The smallest absolute Gasteiger partial charge is 0.387 e. The van der Waals surface area contributed by atoms with Crippen LogP contribution < -0.4 is 11.2 Å². The third kappa shape index (κ3) is 3.70. The second-order valence-electron chi connectivity index (χ2n) is 4.24. The van der Waals surface area contributed by atoms with Gasteiger partial charge in [-0.05, 0) is 0 Å². The summed E-state index contributed by atoms with van der Waals surface area (Å²) in [7, 11) is -4.53. The first kappa shape index (κ1) is 16.1. The van der Waals surface area contributed by atoms with Crippen molar-refractivity contribution in [3.05, 3.63) is 27.0 Å². The molecule has 0 radical (unpaired) electrons. The van der Waals surface area contributed by atoms with E-state index in [0.29, 0.717) is 4.68 Å². The quantitative estimate of drug-likeness (QED) is 0.300. The van der Waals surface area contributed by atoms with Gasteiger partial charge in [0.25, 0.3) is 5.56 Å². The molecule has 1 aromatic rings. The predicted molar refractivity (Wildman–Crippen MR) is 64.6 cm³/mol. The third-order valence-corrected chi connectivity index (χ3v) is 3.22. The van der Waals surface area contributed by atoms with Gasteiger partial charge in [0.2, 0.25) is 0 Å². The molecule has 0 spiro atoms. The van der Waals surface area contributed by atoms with Crippen LogP contribution >= 0.6 is 8.17 Å². The Bertz CT molecular complexity index is 610. The van der Waals surface area contributed by atoms with Gasteiger partial charge in [0.15, 0.2) is 6.23 Å². The Balaban J connectivity index is 2.16. The Morgan fingerprint density at radius 2 is 2.00 bits per heavy atom. The predicted octanol–water partition coefficient (Wildman–Crippen LogP) is -3.78. The summed E-state index contributed by atoms with van der Waals surface area (Å²) < 4.78 is 10.0. The summed E-state index contributed by atoms with van der Waals surface area (Å²) in [5.74, 6) is 0. The molecule has 0 aromatic carbocycles. The molecule has 2 heterocycles. The average molecular weight is 326 g/mol. The number of nitrogens with zero attached hydrogens (tertiary/aromatic N) is 2. The van der Waals surface area contributed by atoms with E-state index in [9.17, 15) is 19.8 Å². The highest BCUT2D eigenvalue weighted by Gasteiger charge is 2.47. The maximum atomic E-state index is 11.5. The van der Waals surface area contributed by atoms with Gasteiger partial charge in [-0.15, -0.1) is 0 Å². The normalized spacial score (nSPS) is 29.8. The van der Waals surface area contributed by atoms with Gasteiger partial charge in [0.05, 0.1) is 0 Å². The van der Waals surface area contributed by atoms with Crippen molar-refractivity contribution in [2.24, 2.45) is 0 Å². The van der Waals surface area contributed by atoms with Crippen LogP contribution in [-0.2, 0) is 9.26 Å². The molecule has 118 valence electrons. The van der Waals surface area contributed by atoms with Crippen molar-refractivity contribution >= 4 is 8.17 Å². The Kier molecular flexibility index (Phi) is 4.51. The van der Waals surface area contributed by atoms with Gasteiger partial charge in [0.1, 0.15) is 31.1 Å². The molecule has 1 aromatic heterocycles. The van der Waals surface area contributed by atoms with E-state index in [1.807, 2.05) is 4.98 Å². The van der Waals surface area contributed by atoms with Crippen molar-refractivity contribution in [3.8, 4) is 0 Å². The topological polar surface area (TPSA) is 187 Å². The molecule has 4 atom stereocenters. The van der Waals surface area contributed by atoms with Crippen LogP contribution in [0.4, 0.5) is 0 Å².